The zero-order valence-electron chi connectivity index (χ0n) is 17.8. The monoisotopic (exact) mass is 454 g/mol. The molecule has 0 aliphatic heterocycles. The average Bonchev–Trinajstić information content (AvgIpc) is 3.17. The van der Waals surface area contributed by atoms with Crippen LogP contribution in [0.25, 0.3) is 11.1 Å². The summed E-state index contributed by atoms with van der Waals surface area (Å²) < 4.78 is 10.7. The molecule has 3 rings (SSSR count). The molecule has 1 heterocycles. The van der Waals surface area contributed by atoms with Crippen LogP contribution in [0.5, 0.6) is 5.75 Å². The van der Waals surface area contributed by atoms with Gasteiger partial charge in [0, 0.05) is 23.1 Å². The lowest BCUT2D eigenvalue weighted by Gasteiger charge is -2.11. The van der Waals surface area contributed by atoms with E-state index in [0.717, 1.165) is 11.1 Å². The van der Waals surface area contributed by atoms with E-state index in [2.05, 4.69) is 5.32 Å². The Morgan fingerprint density at radius 1 is 1.12 bits per heavy atom. The molecule has 0 saturated heterocycles. The van der Waals surface area contributed by atoms with E-state index in [1.807, 2.05) is 31.2 Å². The molecule has 0 atom stereocenters. The zero-order chi connectivity index (χ0) is 23.3. The molecule has 1 aromatic heterocycles. The number of esters is 1. The number of rotatable bonds is 8. The molecule has 1 N–H and O–H groups in total. The van der Waals surface area contributed by atoms with E-state index in [0.29, 0.717) is 27.4 Å². The molecular formula is C23H22N2O6S. The van der Waals surface area contributed by atoms with Crippen LogP contribution in [0.4, 0.5) is 10.7 Å². The summed E-state index contributed by atoms with van der Waals surface area (Å²) in [7, 11) is 0. The highest BCUT2D eigenvalue weighted by Gasteiger charge is 2.23. The Labute approximate surface area is 188 Å². The molecule has 1 amide bonds. The summed E-state index contributed by atoms with van der Waals surface area (Å²) in [5, 5.41) is 15.7. The standard InChI is InChI=1S/C23H22N2O6S/c1-4-30-23(27)21-18(16-7-5-14(2)6-8-16)13-32-22(21)24-20(26)12-31-19-10-9-17(25(28)29)11-15(19)3/h5-11,13H,4,12H2,1-3H3,(H,24,26). The minimum absolute atomic E-state index is 0.0550. The van der Waals surface area contributed by atoms with Gasteiger partial charge >= 0.3 is 5.97 Å². The van der Waals surface area contributed by atoms with Gasteiger partial charge in [-0.05, 0) is 38.0 Å². The molecule has 0 saturated carbocycles. The summed E-state index contributed by atoms with van der Waals surface area (Å²) in [5.74, 6) is -0.625. The molecule has 0 radical (unpaired) electrons. The van der Waals surface area contributed by atoms with Crippen LogP contribution in [0.2, 0.25) is 0 Å². The highest BCUT2D eigenvalue weighted by Crippen LogP contribution is 2.36. The van der Waals surface area contributed by atoms with E-state index in [4.69, 9.17) is 9.47 Å². The molecule has 0 aliphatic carbocycles. The van der Waals surface area contributed by atoms with Gasteiger partial charge in [-0.1, -0.05) is 29.8 Å². The Kier molecular flexibility index (Phi) is 7.21. The fraction of sp³-hybridized carbons (Fsp3) is 0.217. The number of aryl methyl sites for hydroxylation is 2. The summed E-state index contributed by atoms with van der Waals surface area (Å²) >= 11 is 1.22. The van der Waals surface area contributed by atoms with Crippen LogP contribution in [-0.2, 0) is 9.53 Å². The predicted octanol–water partition coefficient (Wildman–Crippen LogP) is 5.13. The van der Waals surface area contributed by atoms with Crippen molar-refractivity contribution >= 4 is 33.9 Å². The molecule has 2 aromatic carbocycles. The summed E-state index contributed by atoms with van der Waals surface area (Å²) in [6.07, 6.45) is 0. The number of hydrogen-bond donors (Lipinski definition) is 1. The van der Waals surface area contributed by atoms with Crippen molar-refractivity contribution in [3.05, 3.63) is 74.6 Å². The Bertz CT molecular complexity index is 1150. The molecule has 3 aromatic rings. The molecular weight excluding hydrogens is 432 g/mol. The van der Waals surface area contributed by atoms with Crippen molar-refractivity contribution in [2.24, 2.45) is 0 Å². The molecule has 0 spiro atoms. The normalized spacial score (nSPS) is 10.5. The first-order chi connectivity index (χ1) is 15.3. The van der Waals surface area contributed by atoms with E-state index >= 15 is 0 Å². The lowest BCUT2D eigenvalue weighted by Crippen LogP contribution is -2.21. The second-order valence-electron chi connectivity index (χ2n) is 6.98. The number of carbonyl (C=O) groups excluding carboxylic acids is 2. The molecule has 166 valence electrons. The minimum atomic E-state index is -0.522. The van der Waals surface area contributed by atoms with E-state index < -0.39 is 16.8 Å². The van der Waals surface area contributed by atoms with E-state index in [9.17, 15) is 19.7 Å². The summed E-state index contributed by atoms with van der Waals surface area (Å²) in [4.78, 5) is 35.5. The molecule has 32 heavy (non-hydrogen) atoms. The van der Waals surface area contributed by atoms with Crippen LogP contribution >= 0.6 is 11.3 Å². The molecule has 0 fully saturated rings. The zero-order valence-corrected chi connectivity index (χ0v) is 18.7. The number of amides is 1. The minimum Gasteiger partial charge on any atom is -0.483 e. The largest absolute Gasteiger partial charge is 0.483 e. The van der Waals surface area contributed by atoms with Crippen LogP contribution in [0.3, 0.4) is 0 Å². The smallest absolute Gasteiger partial charge is 0.341 e. The van der Waals surface area contributed by atoms with Gasteiger partial charge in [-0.3, -0.25) is 14.9 Å². The Balaban J connectivity index is 1.77. The number of anilines is 1. The predicted molar refractivity (Wildman–Crippen MR) is 122 cm³/mol. The first-order valence-corrected chi connectivity index (χ1v) is 10.7. The third-order valence-electron chi connectivity index (χ3n) is 4.61. The van der Waals surface area contributed by atoms with Crippen molar-refractivity contribution in [1.29, 1.82) is 0 Å². The number of nitrogens with zero attached hydrogens (tertiary/aromatic N) is 1. The number of non-ortho nitro benzene ring substituents is 1. The van der Waals surface area contributed by atoms with Crippen molar-refractivity contribution in [1.82, 2.24) is 0 Å². The van der Waals surface area contributed by atoms with Crippen molar-refractivity contribution < 1.29 is 24.0 Å². The summed E-state index contributed by atoms with van der Waals surface area (Å²) in [6, 6.07) is 11.8. The molecule has 9 heteroatoms. The van der Waals surface area contributed by atoms with Crippen molar-refractivity contribution in [3.63, 3.8) is 0 Å². The van der Waals surface area contributed by atoms with Gasteiger partial charge in [0.2, 0.25) is 0 Å². The number of nitrogens with one attached hydrogen (secondary N) is 1. The number of nitro benzene ring substituents is 1. The average molecular weight is 455 g/mol. The second-order valence-corrected chi connectivity index (χ2v) is 7.86. The van der Waals surface area contributed by atoms with E-state index in [1.165, 1.54) is 29.5 Å². The molecule has 0 aliphatic rings. The number of benzene rings is 2. The number of hydrogen-bond acceptors (Lipinski definition) is 7. The Hall–Kier alpha value is -3.72. The maximum absolute atomic E-state index is 12.6. The van der Waals surface area contributed by atoms with Crippen LogP contribution in [0, 0.1) is 24.0 Å². The number of thiophene rings is 1. The van der Waals surface area contributed by atoms with Gasteiger partial charge in [0.15, 0.2) is 6.61 Å². The fourth-order valence-electron chi connectivity index (χ4n) is 3.02. The number of ether oxygens (including phenoxy) is 2. The SMILES string of the molecule is CCOC(=O)c1c(-c2ccc(C)cc2)csc1NC(=O)COc1ccc([N+](=O)[O-])cc1C. The van der Waals surface area contributed by atoms with E-state index in [1.54, 1.807) is 19.2 Å². The van der Waals surface area contributed by atoms with Gasteiger partial charge in [-0.15, -0.1) is 11.3 Å². The van der Waals surface area contributed by atoms with Crippen LogP contribution in [-0.4, -0.2) is 30.0 Å². The maximum atomic E-state index is 12.6. The second kappa shape index (κ2) is 10.1. The molecule has 0 unspecified atom stereocenters. The first-order valence-electron chi connectivity index (χ1n) is 9.83. The highest BCUT2D eigenvalue weighted by molar-refractivity contribution is 7.15. The van der Waals surface area contributed by atoms with Gasteiger partial charge in [-0.25, -0.2) is 4.79 Å². The number of nitro groups is 1. The van der Waals surface area contributed by atoms with Crippen LogP contribution in [0.1, 0.15) is 28.4 Å². The fourth-order valence-corrected chi connectivity index (χ4v) is 3.99. The van der Waals surface area contributed by atoms with Gasteiger partial charge in [0.05, 0.1) is 11.5 Å². The van der Waals surface area contributed by atoms with Crippen molar-refractivity contribution in [3.8, 4) is 16.9 Å². The van der Waals surface area contributed by atoms with Crippen molar-refractivity contribution in [2.75, 3.05) is 18.5 Å². The van der Waals surface area contributed by atoms with Gasteiger partial charge < -0.3 is 14.8 Å². The topological polar surface area (TPSA) is 108 Å². The Morgan fingerprint density at radius 2 is 1.84 bits per heavy atom. The highest BCUT2D eigenvalue weighted by atomic mass is 32.1. The quantitative estimate of drug-likeness (QED) is 0.287. The number of carbonyl (C=O) groups is 2. The third-order valence-corrected chi connectivity index (χ3v) is 5.51. The van der Waals surface area contributed by atoms with Gasteiger partial charge in [0.1, 0.15) is 16.3 Å². The van der Waals surface area contributed by atoms with Crippen LogP contribution in [0.15, 0.2) is 47.8 Å². The molecule has 8 nitrogen and oxygen atoms in total. The Morgan fingerprint density at radius 3 is 2.47 bits per heavy atom. The lowest BCUT2D eigenvalue weighted by molar-refractivity contribution is -0.384. The van der Waals surface area contributed by atoms with E-state index in [-0.39, 0.29) is 18.9 Å². The van der Waals surface area contributed by atoms with Crippen molar-refractivity contribution in [2.45, 2.75) is 20.8 Å². The van der Waals surface area contributed by atoms with Gasteiger partial charge in [-0.2, -0.15) is 0 Å². The lowest BCUT2D eigenvalue weighted by atomic mass is 10.0. The summed E-state index contributed by atoms with van der Waals surface area (Å²) in [6.45, 7) is 5.24. The third kappa shape index (κ3) is 5.30. The van der Waals surface area contributed by atoms with Crippen LogP contribution < -0.4 is 10.1 Å². The van der Waals surface area contributed by atoms with Gasteiger partial charge in [0.25, 0.3) is 11.6 Å². The first kappa shape index (κ1) is 23.0. The summed E-state index contributed by atoms with van der Waals surface area (Å²) in [5.41, 5.74) is 3.39. The molecule has 0 bridgehead atoms. The maximum Gasteiger partial charge on any atom is 0.341 e.